The molecule has 0 heterocycles. The predicted molar refractivity (Wildman–Crippen MR) is 62.2 cm³/mol. The molecule has 0 aliphatic rings. The number of aryl methyl sites for hydroxylation is 2. The molecule has 1 aromatic rings. The smallest absolute Gasteiger partial charge is 0.0675 e. The maximum Gasteiger partial charge on any atom is 0.0675 e. The molecule has 2 atom stereocenters. The number of hydrogen-bond acceptors (Lipinski definition) is 2. The molecule has 2 N–H and O–H groups in total. The first-order chi connectivity index (χ1) is 7.10. The van der Waals surface area contributed by atoms with Gasteiger partial charge in [-0.15, -0.1) is 0 Å². The van der Waals surface area contributed by atoms with Crippen LogP contribution in [0.25, 0.3) is 0 Å². The first-order valence-corrected chi connectivity index (χ1v) is 5.32. The van der Waals surface area contributed by atoms with E-state index in [0.717, 1.165) is 12.0 Å². The molecule has 0 radical (unpaired) electrons. The van der Waals surface area contributed by atoms with Crippen LogP contribution in [-0.2, 0) is 0 Å². The Morgan fingerprint density at radius 3 is 2.53 bits per heavy atom. The van der Waals surface area contributed by atoms with Crippen molar-refractivity contribution in [2.45, 2.75) is 33.2 Å². The number of benzene rings is 1. The first-order valence-electron chi connectivity index (χ1n) is 5.32. The SMILES string of the molecule is CCC(C#N)C(N)c1ccc(C)cc1C. The van der Waals surface area contributed by atoms with Crippen molar-refractivity contribution in [1.29, 1.82) is 5.26 Å². The van der Waals surface area contributed by atoms with Crippen LogP contribution in [0.1, 0.15) is 36.1 Å². The molecule has 0 bridgehead atoms. The molecular weight excluding hydrogens is 184 g/mol. The van der Waals surface area contributed by atoms with E-state index in [1.54, 1.807) is 0 Å². The van der Waals surface area contributed by atoms with Gasteiger partial charge < -0.3 is 5.73 Å². The van der Waals surface area contributed by atoms with Gasteiger partial charge in [-0.25, -0.2) is 0 Å². The summed E-state index contributed by atoms with van der Waals surface area (Å²) >= 11 is 0. The van der Waals surface area contributed by atoms with Gasteiger partial charge >= 0.3 is 0 Å². The fraction of sp³-hybridized carbons (Fsp3) is 0.462. The van der Waals surface area contributed by atoms with Gasteiger partial charge in [-0.2, -0.15) is 5.26 Å². The highest BCUT2D eigenvalue weighted by atomic mass is 14.7. The van der Waals surface area contributed by atoms with Crippen LogP contribution in [0.5, 0.6) is 0 Å². The van der Waals surface area contributed by atoms with E-state index in [-0.39, 0.29) is 12.0 Å². The molecule has 15 heavy (non-hydrogen) atoms. The molecule has 0 aromatic heterocycles. The Morgan fingerprint density at radius 1 is 1.40 bits per heavy atom. The third-order valence-electron chi connectivity index (χ3n) is 2.82. The summed E-state index contributed by atoms with van der Waals surface area (Å²) in [5.74, 6) is -0.0913. The Labute approximate surface area is 91.7 Å². The van der Waals surface area contributed by atoms with Crippen LogP contribution in [-0.4, -0.2) is 0 Å². The summed E-state index contributed by atoms with van der Waals surface area (Å²) in [4.78, 5) is 0. The molecule has 0 aliphatic heterocycles. The second-order valence-electron chi connectivity index (χ2n) is 4.03. The third kappa shape index (κ3) is 2.57. The molecule has 0 spiro atoms. The highest BCUT2D eigenvalue weighted by Crippen LogP contribution is 2.25. The number of nitrogens with two attached hydrogens (primary N) is 1. The van der Waals surface area contributed by atoms with Gasteiger partial charge in [0, 0.05) is 6.04 Å². The number of hydrogen-bond donors (Lipinski definition) is 1. The summed E-state index contributed by atoms with van der Waals surface area (Å²) in [6, 6.07) is 8.30. The quantitative estimate of drug-likeness (QED) is 0.819. The van der Waals surface area contributed by atoms with E-state index in [1.165, 1.54) is 11.1 Å². The molecule has 1 aromatic carbocycles. The van der Waals surface area contributed by atoms with Crippen LogP contribution in [0.4, 0.5) is 0 Å². The number of rotatable bonds is 3. The normalized spacial score (nSPS) is 14.3. The van der Waals surface area contributed by atoms with E-state index in [1.807, 2.05) is 26.0 Å². The maximum atomic E-state index is 8.97. The van der Waals surface area contributed by atoms with Crippen molar-refractivity contribution in [2.75, 3.05) is 0 Å². The van der Waals surface area contributed by atoms with Gasteiger partial charge in [0.15, 0.2) is 0 Å². The van der Waals surface area contributed by atoms with E-state index >= 15 is 0 Å². The zero-order chi connectivity index (χ0) is 11.4. The molecule has 0 saturated carbocycles. The summed E-state index contributed by atoms with van der Waals surface area (Å²) in [5, 5.41) is 8.97. The molecular formula is C13H18N2. The van der Waals surface area contributed by atoms with Crippen molar-refractivity contribution in [3.63, 3.8) is 0 Å². The minimum atomic E-state index is -0.166. The summed E-state index contributed by atoms with van der Waals surface area (Å²) < 4.78 is 0. The highest BCUT2D eigenvalue weighted by Gasteiger charge is 2.18. The van der Waals surface area contributed by atoms with Crippen LogP contribution in [0.15, 0.2) is 18.2 Å². The monoisotopic (exact) mass is 202 g/mol. The standard InChI is InChI=1S/C13H18N2/c1-4-11(8-14)13(15)12-6-5-9(2)7-10(12)3/h5-7,11,13H,4,15H2,1-3H3. The summed E-state index contributed by atoms with van der Waals surface area (Å²) in [5.41, 5.74) is 9.59. The summed E-state index contributed by atoms with van der Waals surface area (Å²) in [6.07, 6.45) is 0.797. The molecule has 0 amide bonds. The van der Waals surface area contributed by atoms with E-state index in [9.17, 15) is 0 Å². The van der Waals surface area contributed by atoms with Crippen LogP contribution in [0.2, 0.25) is 0 Å². The zero-order valence-corrected chi connectivity index (χ0v) is 9.62. The molecule has 80 valence electrons. The maximum absolute atomic E-state index is 8.97. The number of nitriles is 1. The minimum Gasteiger partial charge on any atom is -0.323 e. The van der Waals surface area contributed by atoms with Gasteiger partial charge in [0.2, 0.25) is 0 Å². The topological polar surface area (TPSA) is 49.8 Å². The molecule has 2 nitrogen and oxygen atoms in total. The lowest BCUT2D eigenvalue weighted by atomic mass is 9.89. The van der Waals surface area contributed by atoms with E-state index in [4.69, 9.17) is 11.0 Å². The lowest BCUT2D eigenvalue weighted by molar-refractivity contribution is 0.516. The van der Waals surface area contributed by atoms with Crippen LogP contribution in [0, 0.1) is 31.1 Å². The molecule has 2 unspecified atom stereocenters. The third-order valence-corrected chi connectivity index (χ3v) is 2.82. The van der Waals surface area contributed by atoms with Gasteiger partial charge in [-0.1, -0.05) is 30.7 Å². The molecule has 0 aliphatic carbocycles. The molecule has 1 rings (SSSR count). The van der Waals surface area contributed by atoms with E-state index in [0.29, 0.717) is 0 Å². The van der Waals surface area contributed by atoms with Crippen molar-refractivity contribution in [2.24, 2.45) is 11.7 Å². The average molecular weight is 202 g/mol. The highest BCUT2D eigenvalue weighted by molar-refractivity contribution is 5.33. The van der Waals surface area contributed by atoms with Crippen molar-refractivity contribution >= 4 is 0 Å². The van der Waals surface area contributed by atoms with Crippen molar-refractivity contribution in [3.05, 3.63) is 34.9 Å². The average Bonchev–Trinajstić information content (AvgIpc) is 2.19. The Kier molecular flexibility index (Phi) is 3.88. The summed E-state index contributed by atoms with van der Waals surface area (Å²) in [6.45, 7) is 6.10. The lowest BCUT2D eigenvalue weighted by Gasteiger charge is -2.18. The minimum absolute atomic E-state index is 0.0913. The molecule has 2 heteroatoms. The zero-order valence-electron chi connectivity index (χ0n) is 9.62. The van der Waals surface area contributed by atoms with Crippen molar-refractivity contribution < 1.29 is 0 Å². The Hall–Kier alpha value is -1.33. The fourth-order valence-electron chi connectivity index (χ4n) is 1.84. The van der Waals surface area contributed by atoms with E-state index < -0.39 is 0 Å². The van der Waals surface area contributed by atoms with Crippen molar-refractivity contribution in [1.82, 2.24) is 0 Å². The molecule has 0 saturated heterocycles. The van der Waals surface area contributed by atoms with Crippen LogP contribution in [0.3, 0.4) is 0 Å². The molecule has 0 fully saturated rings. The van der Waals surface area contributed by atoms with Crippen LogP contribution < -0.4 is 5.73 Å². The largest absolute Gasteiger partial charge is 0.323 e. The second-order valence-corrected chi connectivity index (χ2v) is 4.03. The predicted octanol–water partition coefficient (Wildman–Crippen LogP) is 2.85. The van der Waals surface area contributed by atoms with Crippen molar-refractivity contribution in [3.8, 4) is 6.07 Å². The Bertz CT molecular complexity index is 377. The number of nitrogens with zero attached hydrogens (tertiary/aromatic N) is 1. The summed E-state index contributed by atoms with van der Waals surface area (Å²) in [7, 11) is 0. The van der Waals surface area contributed by atoms with Gasteiger partial charge in [-0.3, -0.25) is 0 Å². The first kappa shape index (κ1) is 11.7. The fourth-order valence-corrected chi connectivity index (χ4v) is 1.84. The van der Waals surface area contributed by atoms with Gasteiger partial charge in [-0.05, 0) is 31.4 Å². The van der Waals surface area contributed by atoms with Gasteiger partial charge in [0.1, 0.15) is 0 Å². The Morgan fingerprint density at radius 2 is 2.07 bits per heavy atom. The Balaban J connectivity index is 3.01. The van der Waals surface area contributed by atoms with E-state index in [2.05, 4.69) is 19.1 Å². The lowest BCUT2D eigenvalue weighted by Crippen LogP contribution is -2.20. The second kappa shape index (κ2) is 4.95. The van der Waals surface area contributed by atoms with Gasteiger partial charge in [0.05, 0.1) is 12.0 Å². The van der Waals surface area contributed by atoms with Crippen LogP contribution >= 0.6 is 0 Å². The van der Waals surface area contributed by atoms with Gasteiger partial charge in [0.25, 0.3) is 0 Å².